The van der Waals surface area contributed by atoms with Crippen LogP contribution in [0.3, 0.4) is 0 Å². The second-order valence-corrected chi connectivity index (χ2v) is 10.5. The summed E-state index contributed by atoms with van der Waals surface area (Å²) in [6.45, 7) is 8.91. The number of carbonyl (C=O) groups excluding carboxylic acids is 2. The number of hydrogen-bond acceptors (Lipinski definition) is 6. The highest BCUT2D eigenvalue weighted by Crippen LogP contribution is 2.41. The molecule has 0 saturated carbocycles. The van der Waals surface area contributed by atoms with Crippen molar-refractivity contribution < 1.29 is 14.3 Å². The Kier molecular flexibility index (Phi) is 5.56. The molecular formula is C27H26N4O3S. The maximum Gasteiger partial charge on any atom is 0.326 e. The zero-order chi connectivity index (χ0) is 24.9. The Hall–Kier alpha value is -3.78. The van der Waals surface area contributed by atoms with Crippen molar-refractivity contribution in [2.75, 3.05) is 0 Å². The van der Waals surface area contributed by atoms with Gasteiger partial charge in [-0.25, -0.2) is 9.97 Å². The highest BCUT2D eigenvalue weighted by Gasteiger charge is 2.22. The molecule has 1 N–H and O–H groups in total. The van der Waals surface area contributed by atoms with Crippen LogP contribution in [-0.2, 0) is 16.1 Å². The second kappa shape index (κ2) is 8.46. The van der Waals surface area contributed by atoms with Crippen molar-refractivity contribution in [1.82, 2.24) is 19.5 Å². The molecular weight excluding hydrogens is 460 g/mol. The molecule has 0 unspecified atom stereocenters. The number of aromatic amines is 1. The van der Waals surface area contributed by atoms with Gasteiger partial charge in [0.25, 0.3) is 0 Å². The Bertz CT molecular complexity index is 1580. The van der Waals surface area contributed by atoms with Crippen LogP contribution in [-0.4, -0.2) is 36.9 Å². The Balaban J connectivity index is 1.76. The molecule has 5 aromatic rings. The number of thiophene rings is 1. The van der Waals surface area contributed by atoms with Gasteiger partial charge in [0.05, 0.1) is 10.2 Å². The zero-order valence-electron chi connectivity index (χ0n) is 20.3. The number of benzene rings is 1. The van der Waals surface area contributed by atoms with Gasteiger partial charge in [0.1, 0.15) is 18.0 Å². The summed E-state index contributed by atoms with van der Waals surface area (Å²) in [7, 11) is 0. The van der Waals surface area contributed by atoms with Crippen molar-refractivity contribution in [3.63, 3.8) is 0 Å². The topological polar surface area (TPSA) is 89.9 Å². The van der Waals surface area contributed by atoms with E-state index in [1.165, 1.54) is 6.92 Å². The molecule has 0 radical (unpaired) electrons. The minimum atomic E-state index is -0.594. The summed E-state index contributed by atoms with van der Waals surface area (Å²) in [6.07, 6.45) is 7.34. The van der Waals surface area contributed by atoms with Crippen molar-refractivity contribution in [2.45, 2.75) is 46.8 Å². The number of rotatable bonds is 5. The van der Waals surface area contributed by atoms with E-state index in [-0.39, 0.29) is 18.3 Å². The number of fused-ring (bicyclic) bond motifs is 2. The number of ketones is 1. The van der Waals surface area contributed by atoms with Crippen LogP contribution in [0.2, 0.25) is 0 Å². The number of carbonyl (C=O) groups is 2. The minimum Gasteiger partial charge on any atom is -0.459 e. The van der Waals surface area contributed by atoms with Crippen LogP contribution in [0, 0.1) is 6.92 Å². The first-order chi connectivity index (χ1) is 16.6. The monoisotopic (exact) mass is 486 g/mol. The normalized spacial score (nSPS) is 11.9. The summed E-state index contributed by atoms with van der Waals surface area (Å²) in [6, 6.07) is 6.10. The van der Waals surface area contributed by atoms with E-state index in [2.05, 4.69) is 26.4 Å². The highest BCUT2D eigenvalue weighted by molar-refractivity contribution is 7.17. The highest BCUT2D eigenvalue weighted by atomic mass is 32.1. The molecule has 0 spiro atoms. The first-order valence-corrected chi connectivity index (χ1v) is 12.2. The van der Waals surface area contributed by atoms with Gasteiger partial charge in [-0.05, 0) is 69.3 Å². The average Bonchev–Trinajstić information content (AvgIpc) is 3.47. The molecule has 4 aromatic heterocycles. The van der Waals surface area contributed by atoms with E-state index in [0.717, 1.165) is 43.4 Å². The summed E-state index contributed by atoms with van der Waals surface area (Å²) in [4.78, 5) is 37.4. The van der Waals surface area contributed by atoms with Crippen LogP contribution < -0.4 is 0 Å². The second-order valence-electron chi connectivity index (χ2n) is 9.61. The molecule has 0 bridgehead atoms. The van der Waals surface area contributed by atoms with Gasteiger partial charge in [-0.3, -0.25) is 9.59 Å². The summed E-state index contributed by atoms with van der Waals surface area (Å²) < 4.78 is 8.49. The van der Waals surface area contributed by atoms with Crippen LogP contribution >= 0.6 is 11.3 Å². The van der Waals surface area contributed by atoms with E-state index in [9.17, 15) is 9.59 Å². The van der Waals surface area contributed by atoms with Crippen LogP contribution in [0.4, 0.5) is 0 Å². The molecule has 0 fully saturated rings. The lowest BCUT2D eigenvalue weighted by Crippen LogP contribution is -2.26. The summed E-state index contributed by atoms with van der Waals surface area (Å²) >= 11 is 1.66. The van der Waals surface area contributed by atoms with Crippen LogP contribution in [0.1, 0.15) is 43.9 Å². The number of hydrogen-bond donors (Lipinski definition) is 1. The average molecular weight is 487 g/mol. The number of Topliss-reactive ketones (excluding diaryl/α,β-unsaturated/α-hetero) is 1. The molecule has 5 rings (SSSR count). The lowest BCUT2D eigenvalue weighted by molar-refractivity contribution is -0.155. The van der Waals surface area contributed by atoms with E-state index in [0.29, 0.717) is 11.4 Å². The van der Waals surface area contributed by atoms with Crippen LogP contribution in [0.25, 0.3) is 43.4 Å². The van der Waals surface area contributed by atoms with E-state index in [1.807, 2.05) is 46.0 Å². The molecule has 35 heavy (non-hydrogen) atoms. The fourth-order valence-corrected chi connectivity index (χ4v) is 5.19. The van der Waals surface area contributed by atoms with Gasteiger partial charge in [-0.1, -0.05) is 0 Å². The third kappa shape index (κ3) is 4.37. The van der Waals surface area contributed by atoms with Gasteiger partial charge < -0.3 is 14.3 Å². The van der Waals surface area contributed by atoms with E-state index in [4.69, 9.17) is 4.74 Å². The summed E-state index contributed by atoms with van der Waals surface area (Å²) in [5, 5.41) is 2.83. The van der Waals surface area contributed by atoms with Crippen molar-refractivity contribution in [3.05, 3.63) is 59.8 Å². The lowest BCUT2D eigenvalue weighted by Gasteiger charge is -2.20. The standard InChI is InChI=1S/C27H26N4O3S/c1-15(32)22-13-31(14-25(33)34-27(3,4)5)24-9-19(21-12-30-23-6-7-35-26(21)23)18(8-20(22)24)17-10-28-16(2)29-11-17/h6-13,30H,14H2,1-5H3. The molecule has 0 aliphatic carbocycles. The largest absolute Gasteiger partial charge is 0.459 e. The third-order valence-electron chi connectivity index (χ3n) is 5.78. The number of H-pyrrole nitrogens is 1. The fourth-order valence-electron chi connectivity index (χ4n) is 4.30. The number of aryl methyl sites for hydroxylation is 1. The van der Waals surface area contributed by atoms with Crippen LogP contribution in [0.15, 0.2) is 48.4 Å². The first-order valence-electron chi connectivity index (χ1n) is 11.3. The number of nitrogens with zero attached hydrogens (tertiary/aromatic N) is 3. The van der Waals surface area contributed by atoms with Gasteiger partial charge >= 0.3 is 5.97 Å². The Morgan fingerprint density at radius 3 is 2.54 bits per heavy atom. The molecule has 8 heteroatoms. The lowest BCUT2D eigenvalue weighted by atomic mass is 9.94. The van der Waals surface area contributed by atoms with Gasteiger partial charge in [0.2, 0.25) is 0 Å². The number of aromatic nitrogens is 4. The van der Waals surface area contributed by atoms with Crippen molar-refractivity contribution >= 4 is 44.2 Å². The Morgan fingerprint density at radius 2 is 1.86 bits per heavy atom. The first kappa shape index (κ1) is 23.0. The molecule has 178 valence electrons. The van der Waals surface area contributed by atoms with E-state index < -0.39 is 5.60 Å². The summed E-state index contributed by atoms with van der Waals surface area (Å²) in [5.41, 5.74) is 5.60. The SMILES string of the molecule is CC(=O)c1cn(CC(=O)OC(C)(C)C)c2cc(-c3c[nH]c4ccsc34)c(-c3cnc(C)nc3)cc12. The number of esters is 1. The molecule has 0 saturated heterocycles. The summed E-state index contributed by atoms with van der Waals surface area (Å²) in [5.74, 6) is 0.259. The van der Waals surface area contributed by atoms with Crippen molar-refractivity contribution in [2.24, 2.45) is 0 Å². The van der Waals surface area contributed by atoms with E-state index >= 15 is 0 Å². The maximum atomic E-state index is 12.7. The Labute approximate surface area is 206 Å². The van der Waals surface area contributed by atoms with Crippen LogP contribution in [0.5, 0.6) is 0 Å². The van der Waals surface area contributed by atoms with Crippen molar-refractivity contribution in [1.29, 1.82) is 0 Å². The molecule has 1 aromatic carbocycles. The quantitative estimate of drug-likeness (QED) is 0.237. The van der Waals surface area contributed by atoms with Gasteiger partial charge in [0.15, 0.2) is 5.78 Å². The molecule has 4 heterocycles. The van der Waals surface area contributed by atoms with E-state index in [1.54, 1.807) is 34.5 Å². The Morgan fingerprint density at radius 1 is 1.11 bits per heavy atom. The zero-order valence-corrected chi connectivity index (χ0v) is 21.1. The fraction of sp³-hybridized carbons (Fsp3) is 0.259. The van der Waals surface area contributed by atoms with Gasteiger partial charge in [-0.15, -0.1) is 11.3 Å². The smallest absolute Gasteiger partial charge is 0.326 e. The maximum absolute atomic E-state index is 12.7. The minimum absolute atomic E-state index is 0.00896. The third-order valence-corrected chi connectivity index (χ3v) is 6.73. The molecule has 0 atom stereocenters. The number of nitrogens with one attached hydrogen (secondary N) is 1. The molecule has 0 amide bonds. The van der Waals surface area contributed by atoms with Crippen molar-refractivity contribution in [3.8, 4) is 22.3 Å². The molecule has 0 aliphatic rings. The molecule has 0 aliphatic heterocycles. The van der Waals surface area contributed by atoms with Gasteiger partial charge in [0, 0.05) is 52.4 Å². The number of ether oxygens (including phenoxy) is 1. The predicted octanol–water partition coefficient (Wildman–Crippen LogP) is 6.16. The predicted molar refractivity (Wildman–Crippen MR) is 139 cm³/mol. The molecule has 7 nitrogen and oxygen atoms in total. The van der Waals surface area contributed by atoms with Gasteiger partial charge in [-0.2, -0.15) is 0 Å².